The number of carbonyl (C=O) groups excluding carboxylic acids is 1. The van der Waals surface area contributed by atoms with Gasteiger partial charge in [0.05, 0.1) is 21.3 Å². The molecule has 0 amide bonds. The predicted molar refractivity (Wildman–Crippen MR) is 84.7 cm³/mol. The first-order valence-corrected chi connectivity index (χ1v) is 7.26. The second-order valence-electron chi connectivity index (χ2n) is 4.39. The number of ether oxygens (including phenoxy) is 3. The molecule has 1 aromatic carbocycles. The number of carbonyl (C=O) groups is 1. The van der Waals surface area contributed by atoms with Gasteiger partial charge in [0.2, 0.25) is 0 Å². The van der Waals surface area contributed by atoms with Crippen molar-refractivity contribution in [2.75, 3.05) is 27.2 Å². The van der Waals surface area contributed by atoms with Gasteiger partial charge in [0.1, 0.15) is 5.75 Å². The number of allylic oxidation sites excluding steroid dienone is 1. The highest BCUT2D eigenvalue weighted by atomic mass is 35.5. The van der Waals surface area contributed by atoms with Crippen LogP contribution in [-0.4, -0.2) is 33.0 Å². The average molecular weight is 313 g/mol. The summed E-state index contributed by atoms with van der Waals surface area (Å²) in [6.07, 6.45) is 5.43. The number of benzene rings is 1. The van der Waals surface area contributed by atoms with Crippen molar-refractivity contribution in [3.8, 4) is 17.2 Å². The molecule has 21 heavy (non-hydrogen) atoms. The van der Waals surface area contributed by atoms with Crippen LogP contribution in [0.1, 0.15) is 24.8 Å². The Morgan fingerprint density at radius 3 is 2.24 bits per heavy atom. The van der Waals surface area contributed by atoms with Gasteiger partial charge in [-0.3, -0.25) is 4.79 Å². The average Bonchev–Trinajstić information content (AvgIpc) is 2.52. The Hall–Kier alpha value is -1.68. The van der Waals surface area contributed by atoms with E-state index in [2.05, 4.69) is 0 Å². The van der Waals surface area contributed by atoms with Crippen molar-refractivity contribution in [2.45, 2.75) is 19.3 Å². The predicted octanol–water partition coefficient (Wildman–Crippen LogP) is 3.70. The third-order valence-electron chi connectivity index (χ3n) is 2.99. The van der Waals surface area contributed by atoms with E-state index in [1.807, 2.05) is 0 Å². The van der Waals surface area contributed by atoms with Gasteiger partial charge < -0.3 is 14.2 Å². The van der Waals surface area contributed by atoms with Crippen molar-refractivity contribution in [3.63, 3.8) is 0 Å². The first-order valence-electron chi connectivity index (χ1n) is 6.73. The number of ketones is 1. The standard InChI is InChI=1S/C16H21ClO4/c1-19-14-11-16(21-3)15(20-2)10-12(14)7-8-13(18)6-4-5-9-17/h7-8,10-11H,4-6,9H2,1-3H3/b8-7+. The molecule has 5 heteroatoms. The molecule has 0 aliphatic heterocycles. The fraction of sp³-hybridized carbons (Fsp3) is 0.438. The zero-order valence-electron chi connectivity index (χ0n) is 12.6. The van der Waals surface area contributed by atoms with Crippen molar-refractivity contribution in [1.29, 1.82) is 0 Å². The molecule has 0 aromatic heterocycles. The number of rotatable bonds is 9. The third-order valence-corrected chi connectivity index (χ3v) is 3.26. The fourth-order valence-electron chi connectivity index (χ4n) is 1.84. The van der Waals surface area contributed by atoms with E-state index >= 15 is 0 Å². The lowest BCUT2D eigenvalue weighted by Crippen LogP contribution is -1.96. The molecular weight excluding hydrogens is 292 g/mol. The lowest BCUT2D eigenvalue weighted by molar-refractivity contribution is -0.114. The minimum Gasteiger partial charge on any atom is -0.496 e. The highest BCUT2D eigenvalue weighted by Crippen LogP contribution is 2.35. The number of alkyl halides is 1. The van der Waals surface area contributed by atoms with E-state index in [4.69, 9.17) is 25.8 Å². The van der Waals surface area contributed by atoms with Gasteiger partial charge in [-0.1, -0.05) is 0 Å². The largest absolute Gasteiger partial charge is 0.496 e. The number of methoxy groups -OCH3 is 3. The van der Waals surface area contributed by atoms with Gasteiger partial charge in [0.15, 0.2) is 17.3 Å². The van der Waals surface area contributed by atoms with E-state index in [-0.39, 0.29) is 5.78 Å². The molecule has 0 saturated carbocycles. The number of unbranched alkanes of at least 4 members (excludes halogenated alkanes) is 1. The van der Waals surface area contributed by atoms with Gasteiger partial charge in [-0.15, -0.1) is 11.6 Å². The summed E-state index contributed by atoms with van der Waals surface area (Å²) in [5.41, 5.74) is 0.765. The maximum atomic E-state index is 11.7. The summed E-state index contributed by atoms with van der Waals surface area (Å²) >= 11 is 5.59. The molecule has 0 heterocycles. The van der Waals surface area contributed by atoms with Crippen LogP contribution >= 0.6 is 11.6 Å². The SMILES string of the molecule is COc1cc(OC)c(OC)cc1/C=C/C(=O)CCCCCl. The van der Waals surface area contributed by atoms with Crippen LogP contribution in [0.25, 0.3) is 6.08 Å². The molecule has 0 N–H and O–H groups in total. The van der Waals surface area contributed by atoms with Crippen LogP contribution in [0, 0.1) is 0 Å². The van der Waals surface area contributed by atoms with Crippen molar-refractivity contribution in [1.82, 2.24) is 0 Å². The Morgan fingerprint density at radius 2 is 1.67 bits per heavy atom. The fourth-order valence-corrected chi connectivity index (χ4v) is 2.03. The van der Waals surface area contributed by atoms with Crippen LogP contribution in [0.4, 0.5) is 0 Å². The topological polar surface area (TPSA) is 44.8 Å². The van der Waals surface area contributed by atoms with Gasteiger partial charge in [0.25, 0.3) is 0 Å². The van der Waals surface area contributed by atoms with E-state index in [1.165, 1.54) is 0 Å². The van der Waals surface area contributed by atoms with E-state index in [0.717, 1.165) is 18.4 Å². The molecule has 0 aliphatic carbocycles. The molecule has 1 aromatic rings. The molecule has 4 nitrogen and oxygen atoms in total. The monoisotopic (exact) mass is 312 g/mol. The highest BCUT2D eigenvalue weighted by molar-refractivity contribution is 6.17. The van der Waals surface area contributed by atoms with E-state index < -0.39 is 0 Å². The van der Waals surface area contributed by atoms with Crippen LogP contribution < -0.4 is 14.2 Å². The minimum atomic E-state index is 0.0666. The molecule has 0 spiro atoms. The minimum absolute atomic E-state index is 0.0666. The number of hydrogen-bond donors (Lipinski definition) is 0. The summed E-state index contributed by atoms with van der Waals surface area (Å²) in [4.78, 5) is 11.7. The molecule has 0 atom stereocenters. The molecule has 0 unspecified atom stereocenters. The number of hydrogen-bond acceptors (Lipinski definition) is 4. The summed E-state index contributed by atoms with van der Waals surface area (Å²) < 4.78 is 15.8. The molecule has 1 rings (SSSR count). The maximum Gasteiger partial charge on any atom is 0.164 e. The summed E-state index contributed by atoms with van der Waals surface area (Å²) in [7, 11) is 4.70. The van der Waals surface area contributed by atoms with Crippen molar-refractivity contribution in [2.24, 2.45) is 0 Å². The zero-order chi connectivity index (χ0) is 15.7. The van der Waals surface area contributed by atoms with Gasteiger partial charge >= 0.3 is 0 Å². The summed E-state index contributed by atoms with van der Waals surface area (Å²) in [6, 6.07) is 3.51. The lowest BCUT2D eigenvalue weighted by Gasteiger charge is -2.12. The van der Waals surface area contributed by atoms with Gasteiger partial charge in [-0.05, 0) is 31.1 Å². The molecule has 0 fully saturated rings. The molecule has 0 bridgehead atoms. The van der Waals surface area contributed by atoms with Crippen LogP contribution in [0.2, 0.25) is 0 Å². The van der Waals surface area contributed by atoms with Crippen LogP contribution in [-0.2, 0) is 4.79 Å². The third kappa shape index (κ3) is 5.31. The maximum absolute atomic E-state index is 11.7. The van der Waals surface area contributed by atoms with Gasteiger partial charge in [0, 0.05) is 23.9 Å². The van der Waals surface area contributed by atoms with Crippen LogP contribution in [0.5, 0.6) is 17.2 Å². The van der Waals surface area contributed by atoms with E-state index in [9.17, 15) is 4.79 Å². The Balaban J connectivity index is 2.88. The van der Waals surface area contributed by atoms with Gasteiger partial charge in [-0.2, -0.15) is 0 Å². The molecule has 116 valence electrons. The Bertz CT molecular complexity index is 497. The Labute approximate surface area is 130 Å². The first-order chi connectivity index (χ1) is 10.2. The smallest absolute Gasteiger partial charge is 0.164 e. The second-order valence-corrected chi connectivity index (χ2v) is 4.77. The lowest BCUT2D eigenvalue weighted by atomic mass is 10.1. The molecule has 0 saturated heterocycles. The van der Waals surface area contributed by atoms with Crippen molar-refractivity contribution < 1.29 is 19.0 Å². The van der Waals surface area contributed by atoms with Crippen molar-refractivity contribution in [3.05, 3.63) is 23.8 Å². The van der Waals surface area contributed by atoms with E-state index in [1.54, 1.807) is 45.6 Å². The second kappa shape index (κ2) is 9.29. The number of halogens is 1. The first kappa shape index (κ1) is 17.4. The van der Waals surface area contributed by atoms with Crippen molar-refractivity contribution >= 4 is 23.5 Å². The van der Waals surface area contributed by atoms with Crippen LogP contribution in [0.3, 0.4) is 0 Å². The summed E-state index contributed by atoms with van der Waals surface area (Å²) in [5.74, 6) is 2.45. The van der Waals surface area contributed by atoms with E-state index in [0.29, 0.717) is 29.5 Å². The summed E-state index contributed by atoms with van der Waals surface area (Å²) in [6.45, 7) is 0. The van der Waals surface area contributed by atoms with Crippen LogP contribution in [0.15, 0.2) is 18.2 Å². The quantitative estimate of drug-likeness (QED) is 0.396. The normalized spacial score (nSPS) is 10.7. The Kier molecular flexibility index (Phi) is 7.69. The summed E-state index contributed by atoms with van der Waals surface area (Å²) in [5, 5.41) is 0. The Morgan fingerprint density at radius 1 is 1.05 bits per heavy atom. The highest BCUT2D eigenvalue weighted by Gasteiger charge is 2.10. The van der Waals surface area contributed by atoms with Gasteiger partial charge in [-0.25, -0.2) is 0 Å². The molecule has 0 aliphatic rings. The molecular formula is C16H21ClO4. The molecule has 0 radical (unpaired) electrons. The zero-order valence-corrected chi connectivity index (χ0v) is 13.4.